The molecule has 1 nitrogen and oxygen atoms in total. The lowest BCUT2D eigenvalue weighted by molar-refractivity contribution is 0.0997. The smallest absolute Gasteiger partial charge is 0.177 e. The van der Waals surface area contributed by atoms with E-state index in [0.717, 1.165) is 8.26 Å². The first-order valence-electron chi connectivity index (χ1n) is 4.89. The van der Waals surface area contributed by atoms with Crippen molar-refractivity contribution < 1.29 is 9.18 Å². The molecule has 94 valence electrons. The molecule has 0 aliphatic rings. The van der Waals surface area contributed by atoms with Gasteiger partial charge in [-0.05, 0) is 55.6 Å². The second kappa shape index (κ2) is 5.82. The van der Waals surface area contributed by atoms with Crippen LogP contribution in [0.4, 0.5) is 4.39 Å². The number of Topliss-reactive ketones (excluding diaryl/α,β-unsaturated/α-hetero) is 1. The van der Waals surface area contributed by atoms with E-state index in [-0.39, 0.29) is 17.2 Å². The van der Waals surface area contributed by atoms with E-state index < -0.39 is 5.82 Å². The van der Waals surface area contributed by atoms with Crippen LogP contribution in [0.2, 0.25) is 5.02 Å². The largest absolute Gasteiger partial charge is 0.293 e. The maximum atomic E-state index is 13.0. The topological polar surface area (TPSA) is 17.1 Å². The van der Waals surface area contributed by atoms with Crippen molar-refractivity contribution in [2.75, 3.05) is 0 Å². The third-order valence-corrected chi connectivity index (χ3v) is 5.86. The van der Waals surface area contributed by atoms with Crippen molar-refractivity contribution in [2.45, 2.75) is 6.42 Å². The molecule has 0 aliphatic heterocycles. The average Bonchev–Trinajstić information content (AvgIpc) is 2.65. The van der Waals surface area contributed by atoms with Crippen molar-refractivity contribution in [2.24, 2.45) is 0 Å². The molecule has 0 amide bonds. The molecule has 0 unspecified atom stereocenters. The second-order valence-electron chi connectivity index (χ2n) is 3.58. The van der Waals surface area contributed by atoms with E-state index in [2.05, 4.69) is 31.9 Å². The molecule has 0 radical (unpaired) electrons. The van der Waals surface area contributed by atoms with Gasteiger partial charge in [-0.25, -0.2) is 4.39 Å². The third kappa shape index (κ3) is 3.20. The van der Waals surface area contributed by atoms with Gasteiger partial charge in [0.05, 0.1) is 13.7 Å². The van der Waals surface area contributed by atoms with Gasteiger partial charge in [-0.3, -0.25) is 4.79 Å². The van der Waals surface area contributed by atoms with E-state index in [1.54, 1.807) is 12.1 Å². The van der Waals surface area contributed by atoms with Crippen LogP contribution in [0.25, 0.3) is 0 Å². The zero-order chi connectivity index (χ0) is 13.3. The van der Waals surface area contributed by atoms with Crippen LogP contribution in [0.3, 0.4) is 0 Å². The highest BCUT2D eigenvalue weighted by atomic mass is 79.9. The molecule has 2 aromatic rings. The normalized spacial score (nSPS) is 10.7. The summed E-state index contributed by atoms with van der Waals surface area (Å²) >= 11 is 13.7. The quantitative estimate of drug-likeness (QED) is 0.609. The Hall–Kier alpha value is -0.230. The number of carbonyl (C=O) groups excluding carboxylic acids is 1. The first-order valence-corrected chi connectivity index (χ1v) is 7.67. The maximum Gasteiger partial charge on any atom is 0.177 e. The monoisotopic (exact) mass is 410 g/mol. The number of thiophene rings is 1. The van der Waals surface area contributed by atoms with E-state index in [9.17, 15) is 9.18 Å². The van der Waals surface area contributed by atoms with E-state index in [1.807, 2.05) is 0 Å². The highest BCUT2D eigenvalue weighted by molar-refractivity contribution is 9.13. The zero-order valence-electron chi connectivity index (χ0n) is 8.84. The SMILES string of the molecule is O=C(Cc1ccc(F)c(Cl)c1)c1cc(Br)c(Br)s1. The van der Waals surface area contributed by atoms with Gasteiger partial charge in [0.25, 0.3) is 0 Å². The van der Waals surface area contributed by atoms with Gasteiger partial charge in [-0.1, -0.05) is 17.7 Å². The standard InChI is InChI=1S/C12H6Br2ClFOS/c13-7-5-11(18-12(7)14)10(17)4-6-1-2-9(16)8(15)3-6/h1-3,5H,4H2. The van der Waals surface area contributed by atoms with E-state index in [1.165, 1.54) is 23.5 Å². The Labute approximate surface area is 129 Å². The Morgan fingerprint density at radius 2 is 2.06 bits per heavy atom. The Morgan fingerprint density at radius 3 is 2.61 bits per heavy atom. The highest BCUT2D eigenvalue weighted by Gasteiger charge is 2.13. The predicted octanol–water partition coefficient (Wildman–Crippen LogP) is 5.49. The number of carbonyl (C=O) groups is 1. The van der Waals surface area contributed by atoms with Crippen molar-refractivity contribution in [3.8, 4) is 0 Å². The van der Waals surface area contributed by atoms with Crippen LogP contribution in [0.1, 0.15) is 15.2 Å². The summed E-state index contributed by atoms with van der Waals surface area (Å²) in [6.07, 6.45) is 0.208. The van der Waals surface area contributed by atoms with Gasteiger partial charge in [0, 0.05) is 10.9 Å². The molecule has 0 spiro atoms. The molecule has 0 N–H and O–H groups in total. The van der Waals surface area contributed by atoms with Crippen LogP contribution in [0.5, 0.6) is 0 Å². The molecule has 1 aromatic heterocycles. The fraction of sp³-hybridized carbons (Fsp3) is 0.0833. The Bertz CT molecular complexity index is 593. The summed E-state index contributed by atoms with van der Waals surface area (Å²) in [7, 11) is 0. The molecule has 0 saturated heterocycles. The minimum atomic E-state index is -0.477. The minimum Gasteiger partial charge on any atom is -0.293 e. The van der Waals surface area contributed by atoms with Gasteiger partial charge in [-0.2, -0.15) is 0 Å². The molecule has 1 aromatic carbocycles. The van der Waals surface area contributed by atoms with Crippen molar-refractivity contribution in [1.29, 1.82) is 0 Å². The van der Waals surface area contributed by atoms with Crippen molar-refractivity contribution >= 4 is 60.6 Å². The maximum absolute atomic E-state index is 13.0. The zero-order valence-corrected chi connectivity index (χ0v) is 13.6. The number of hydrogen-bond donors (Lipinski definition) is 0. The van der Waals surface area contributed by atoms with E-state index in [4.69, 9.17) is 11.6 Å². The molecule has 0 saturated carbocycles. The number of benzene rings is 1. The van der Waals surface area contributed by atoms with E-state index in [0.29, 0.717) is 10.4 Å². The van der Waals surface area contributed by atoms with Gasteiger partial charge in [-0.15, -0.1) is 11.3 Å². The van der Waals surface area contributed by atoms with Crippen LogP contribution < -0.4 is 0 Å². The lowest BCUT2D eigenvalue weighted by Gasteiger charge is -2.01. The van der Waals surface area contributed by atoms with Gasteiger partial charge in [0.2, 0.25) is 0 Å². The Balaban J connectivity index is 2.18. The third-order valence-electron chi connectivity index (χ3n) is 2.27. The number of hydrogen-bond acceptors (Lipinski definition) is 2. The van der Waals surface area contributed by atoms with Gasteiger partial charge in [0.1, 0.15) is 5.82 Å². The van der Waals surface area contributed by atoms with Crippen LogP contribution in [0.15, 0.2) is 32.5 Å². The number of rotatable bonds is 3. The van der Waals surface area contributed by atoms with Crippen molar-refractivity contribution in [1.82, 2.24) is 0 Å². The van der Waals surface area contributed by atoms with Gasteiger partial charge < -0.3 is 0 Å². The molecule has 0 aliphatic carbocycles. The predicted molar refractivity (Wildman–Crippen MR) is 79.2 cm³/mol. The van der Waals surface area contributed by atoms with E-state index >= 15 is 0 Å². The molecule has 0 atom stereocenters. The average molecular weight is 413 g/mol. The number of halogens is 4. The van der Waals surface area contributed by atoms with Gasteiger partial charge in [0.15, 0.2) is 5.78 Å². The summed E-state index contributed by atoms with van der Waals surface area (Å²) in [4.78, 5) is 12.7. The van der Waals surface area contributed by atoms with Crippen LogP contribution in [0, 0.1) is 5.82 Å². The molecule has 0 bridgehead atoms. The molecule has 6 heteroatoms. The summed E-state index contributed by atoms with van der Waals surface area (Å²) in [5.74, 6) is -0.497. The Morgan fingerprint density at radius 1 is 1.33 bits per heavy atom. The summed E-state index contributed by atoms with van der Waals surface area (Å²) in [6, 6.07) is 6.08. The first kappa shape index (κ1) is 14.2. The molecule has 0 fully saturated rings. The molecule has 18 heavy (non-hydrogen) atoms. The second-order valence-corrected chi connectivity index (χ2v) is 7.21. The lowest BCUT2D eigenvalue weighted by Crippen LogP contribution is -2.01. The van der Waals surface area contributed by atoms with Crippen LogP contribution >= 0.6 is 54.8 Å². The summed E-state index contributed by atoms with van der Waals surface area (Å²) < 4.78 is 14.7. The number of ketones is 1. The highest BCUT2D eigenvalue weighted by Crippen LogP contribution is 2.33. The Kier molecular flexibility index (Phi) is 4.59. The fourth-order valence-electron chi connectivity index (χ4n) is 1.41. The minimum absolute atomic E-state index is 0.0194. The molecular formula is C12H6Br2ClFOS. The van der Waals surface area contributed by atoms with Crippen LogP contribution in [-0.4, -0.2) is 5.78 Å². The first-order chi connectivity index (χ1) is 8.47. The van der Waals surface area contributed by atoms with Gasteiger partial charge >= 0.3 is 0 Å². The summed E-state index contributed by atoms with van der Waals surface area (Å²) in [5, 5.41) is 0.0360. The lowest BCUT2D eigenvalue weighted by atomic mass is 10.1. The summed E-state index contributed by atoms with van der Waals surface area (Å²) in [6.45, 7) is 0. The molecule has 1 heterocycles. The summed E-state index contributed by atoms with van der Waals surface area (Å²) in [5.41, 5.74) is 0.701. The van der Waals surface area contributed by atoms with Crippen LogP contribution in [-0.2, 0) is 6.42 Å². The fourth-order valence-corrected chi connectivity index (χ4v) is 3.58. The van der Waals surface area contributed by atoms with Crippen molar-refractivity contribution in [3.05, 3.63) is 53.8 Å². The van der Waals surface area contributed by atoms with Crippen molar-refractivity contribution in [3.63, 3.8) is 0 Å². The molecule has 2 rings (SSSR count). The molecular weight excluding hydrogens is 406 g/mol.